The van der Waals surface area contributed by atoms with Crippen LogP contribution in [0.2, 0.25) is 0 Å². The molecule has 22 heavy (non-hydrogen) atoms. The summed E-state index contributed by atoms with van der Waals surface area (Å²) in [5, 5.41) is 5.71. The molecular formula is C16H13BrN2O2S. The van der Waals surface area contributed by atoms with Crippen LogP contribution < -0.4 is 5.32 Å². The summed E-state index contributed by atoms with van der Waals surface area (Å²) < 4.78 is 2.71. The van der Waals surface area contributed by atoms with Crippen molar-refractivity contribution in [2.45, 2.75) is 13.1 Å². The van der Waals surface area contributed by atoms with E-state index >= 15 is 0 Å². The molecule has 1 N–H and O–H groups in total. The van der Waals surface area contributed by atoms with Gasteiger partial charge >= 0.3 is 0 Å². The Bertz CT molecular complexity index is 824. The normalized spacial score (nSPS) is 10.8. The lowest BCUT2D eigenvalue weighted by atomic mass is 10.2. The van der Waals surface area contributed by atoms with Gasteiger partial charge in [0, 0.05) is 32.0 Å². The molecule has 4 nitrogen and oxygen atoms in total. The van der Waals surface area contributed by atoms with E-state index in [0.717, 1.165) is 26.5 Å². The van der Waals surface area contributed by atoms with Gasteiger partial charge in [0.1, 0.15) is 6.54 Å². The first-order chi connectivity index (χ1) is 10.7. The van der Waals surface area contributed by atoms with Crippen molar-refractivity contribution in [2.75, 3.05) is 0 Å². The van der Waals surface area contributed by atoms with Crippen LogP contribution in [0.4, 0.5) is 0 Å². The molecule has 1 amide bonds. The molecule has 0 atom stereocenters. The van der Waals surface area contributed by atoms with Gasteiger partial charge in [-0.25, -0.2) is 0 Å². The molecule has 0 saturated heterocycles. The number of amides is 1. The van der Waals surface area contributed by atoms with E-state index in [-0.39, 0.29) is 12.5 Å². The number of hydrogen-bond acceptors (Lipinski definition) is 3. The van der Waals surface area contributed by atoms with Gasteiger partial charge in [-0.1, -0.05) is 22.0 Å². The van der Waals surface area contributed by atoms with Crippen molar-refractivity contribution < 1.29 is 9.59 Å². The number of aldehydes is 1. The monoisotopic (exact) mass is 376 g/mol. The number of carbonyl (C=O) groups is 2. The summed E-state index contributed by atoms with van der Waals surface area (Å²) in [4.78, 5) is 24.4. The molecule has 0 radical (unpaired) electrons. The van der Waals surface area contributed by atoms with Gasteiger partial charge in [-0.3, -0.25) is 9.59 Å². The number of nitrogens with one attached hydrogen (secondary N) is 1. The zero-order valence-corrected chi connectivity index (χ0v) is 14.0. The number of halogens is 1. The van der Waals surface area contributed by atoms with Crippen LogP contribution in [0.5, 0.6) is 0 Å². The third-order valence-corrected chi connectivity index (χ3v) is 4.72. The summed E-state index contributed by atoms with van der Waals surface area (Å²) in [7, 11) is 0. The third kappa shape index (κ3) is 3.13. The summed E-state index contributed by atoms with van der Waals surface area (Å²) in [6.07, 6.45) is 2.53. The quantitative estimate of drug-likeness (QED) is 0.691. The number of fused-ring (bicyclic) bond motifs is 1. The van der Waals surface area contributed by atoms with Gasteiger partial charge in [0.25, 0.3) is 0 Å². The molecule has 2 aromatic heterocycles. The van der Waals surface area contributed by atoms with Crippen molar-refractivity contribution in [3.8, 4) is 0 Å². The molecule has 112 valence electrons. The fourth-order valence-corrected chi connectivity index (χ4v) is 3.34. The van der Waals surface area contributed by atoms with E-state index in [9.17, 15) is 9.59 Å². The molecule has 0 saturated carbocycles. The molecule has 3 aromatic rings. The van der Waals surface area contributed by atoms with Gasteiger partial charge in [-0.15, -0.1) is 11.3 Å². The molecule has 0 aliphatic rings. The topological polar surface area (TPSA) is 51.1 Å². The van der Waals surface area contributed by atoms with Crippen LogP contribution >= 0.6 is 27.3 Å². The summed E-state index contributed by atoms with van der Waals surface area (Å²) in [6, 6.07) is 9.63. The molecule has 0 fully saturated rings. The second-order valence-electron chi connectivity index (χ2n) is 4.85. The van der Waals surface area contributed by atoms with Crippen molar-refractivity contribution in [1.82, 2.24) is 9.88 Å². The molecule has 2 heterocycles. The maximum atomic E-state index is 12.1. The maximum Gasteiger partial charge on any atom is 0.240 e. The Morgan fingerprint density at radius 1 is 1.36 bits per heavy atom. The first-order valence-electron chi connectivity index (χ1n) is 6.70. The first kappa shape index (κ1) is 15.0. The van der Waals surface area contributed by atoms with Crippen LogP contribution in [-0.2, 0) is 17.9 Å². The predicted octanol–water partition coefficient (Wildman–Crippen LogP) is 3.59. The van der Waals surface area contributed by atoms with E-state index in [4.69, 9.17) is 0 Å². The molecule has 6 heteroatoms. The SMILES string of the molecule is O=Cc1cn(CC(=O)NCc2cccs2)c2ccc(Br)cc12. The van der Waals surface area contributed by atoms with Crippen molar-refractivity contribution in [3.63, 3.8) is 0 Å². The Balaban J connectivity index is 1.78. The Labute approximate surface area is 139 Å². The Hall–Kier alpha value is -1.92. The smallest absolute Gasteiger partial charge is 0.240 e. The third-order valence-electron chi connectivity index (χ3n) is 3.35. The van der Waals surface area contributed by atoms with E-state index in [1.54, 1.807) is 22.1 Å². The van der Waals surface area contributed by atoms with Gasteiger partial charge in [-0.05, 0) is 29.6 Å². The van der Waals surface area contributed by atoms with Crippen LogP contribution in [0.15, 0.2) is 46.4 Å². The Kier molecular flexibility index (Phi) is 4.40. The highest BCUT2D eigenvalue weighted by atomic mass is 79.9. The second kappa shape index (κ2) is 6.46. The van der Waals surface area contributed by atoms with E-state index in [1.165, 1.54) is 0 Å². The minimum atomic E-state index is -0.0781. The van der Waals surface area contributed by atoms with Crippen molar-refractivity contribution in [1.29, 1.82) is 0 Å². The number of rotatable bonds is 5. The molecule has 0 aliphatic heterocycles. The zero-order chi connectivity index (χ0) is 15.5. The average Bonchev–Trinajstić information content (AvgIpc) is 3.13. The lowest BCUT2D eigenvalue weighted by Gasteiger charge is -2.06. The van der Waals surface area contributed by atoms with E-state index in [0.29, 0.717) is 12.1 Å². The van der Waals surface area contributed by atoms with Crippen LogP contribution in [0.1, 0.15) is 15.2 Å². The average molecular weight is 377 g/mol. The summed E-state index contributed by atoms with van der Waals surface area (Å²) >= 11 is 5.01. The highest BCUT2D eigenvalue weighted by Crippen LogP contribution is 2.24. The summed E-state index contributed by atoms with van der Waals surface area (Å²) in [6.45, 7) is 0.721. The highest BCUT2D eigenvalue weighted by Gasteiger charge is 2.11. The van der Waals surface area contributed by atoms with Crippen LogP contribution in [0.3, 0.4) is 0 Å². The first-order valence-corrected chi connectivity index (χ1v) is 8.37. The van der Waals surface area contributed by atoms with Crippen LogP contribution in [0.25, 0.3) is 10.9 Å². The van der Waals surface area contributed by atoms with E-state index in [1.807, 2.05) is 35.7 Å². The highest BCUT2D eigenvalue weighted by molar-refractivity contribution is 9.10. The number of nitrogens with zero attached hydrogens (tertiary/aromatic N) is 1. The van der Waals surface area contributed by atoms with Crippen molar-refractivity contribution in [2.24, 2.45) is 0 Å². The predicted molar refractivity (Wildman–Crippen MR) is 91.2 cm³/mol. The lowest BCUT2D eigenvalue weighted by Crippen LogP contribution is -2.26. The molecule has 0 bridgehead atoms. The van der Waals surface area contributed by atoms with Crippen LogP contribution in [0, 0.1) is 0 Å². The number of aromatic nitrogens is 1. The van der Waals surface area contributed by atoms with Gasteiger partial charge in [0.2, 0.25) is 5.91 Å². The molecule has 0 unspecified atom stereocenters. The van der Waals surface area contributed by atoms with Crippen molar-refractivity contribution >= 4 is 50.4 Å². The largest absolute Gasteiger partial charge is 0.350 e. The minimum absolute atomic E-state index is 0.0781. The fourth-order valence-electron chi connectivity index (χ4n) is 2.33. The lowest BCUT2D eigenvalue weighted by molar-refractivity contribution is -0.121. The van der Waals surface area contributed by atoms with E-state index < -0.39 is 0 Å². The number of carbonyl (C=O) groups excluding carboxylic acids is 2. The van der Waals surface area contributed by atoms with E-state index in [2.05, 4.69) is 21.2 Å². The summed E-state index contributed by atoms with van der Waals surface area (Å²) in [5.41, 5.74) is 1.46. The van der Waals surface area contributed by atoms with Gasteiger partial charge in [0.15, 0.2) is 6.29 Å². The van der Waals surface area contributed by atoms with Crippen LogP contribution in [-0.4, -0.2) is 16.8 Å². The summed E-state index contributed by atoms with van der Waals surface area (Å²) in [5.74, 6) is -0.0781. The zero-order valence-electron chi connectivity index (χ0n) is 11.6. The molecule has 1 aromatic carbocycles. The molecular weight excluding hydrogens is 364 g/mol. The number of thiophene rings is 1. The fraction of sp³-hybridized carbons (Fsp3) is 0.125. The second-order valence-corrected chi connectivity index (χ2v) is 6.80. The number of hydrogen-bond donors (Lipinski definition) is 1. The molecule has 0 spiro atoms. The maximum absolute atomic E-state index is 12.1. The van der Waals surface area contributed by atoms with Gasteiger partial charge in [-0.2, -0.15) is 0 Å². The standard InChI is InChI=1S/C16H13BrN2O2S/c17-12-3-4-15-14(6-12)11(10-20)8-19(15)9-16(21)18-7-13-2-1-5-22-13/h1-6,8,10H,7,9H2,(H,18,21). The number of benzene rings is 1. The molecule has 3 rings (SSSR count). The van der Waals surface area contributed by atoms with Gasteiger partial charge < -0.3 is 9.88 Å². The Morgan fingerprint density at radius 3 is 2.95 bits per heavy atom. The minimum Gasteiger partial charge on any atom is -0.350 e. The Morgan fingerprint density at radius 2 is 2.23 bits per heavy atom. The molecule has 0 aliphatic carbocycles. The van der Waals surface area contributed by atoms with Gasteiger partial charge in [0.05, 0.1) is 6.54 Å². The van der Waals surface area contributed by atoms with Crippen molar-refractivity contribution in [3.05, 3.63) is 56.8 Å².